The van der Waals surface area contributed by atoms with Crippen molar-refractivity contribution in [1.82, 2.24) is 0 Å². The number of hydrogen-bond acceptors (Lipinski definition) is 0. The molecule has 0 N–H and O–H groups in total. The molecule has 0 aliphatic carbocycles. The molecule has 0 radical (unpaired) electrons. The van der Waals surface area contributed by atoms with E-state index >= 15 is 0 Å². The average molecular weight is 128 g/mol. The molecule has 42 valence electrons. The zero-order valence-corrected chi connectivity index (χ0v) is 5.53. The molecule has 0 nitrogen and oxygen atoms in total. The van der Waals surface area contributed by atoms with Crippen molar-refractivity contribution in [3.63, 3.8) is 0 Å². The topological polar surface area (TPSA) is 0 Å². The van der Waals surface area contributed by atoms with E-state index in [0.29, 0.717) is 0 Å². The summed E-state index contributed by atoms with van der Waals surface area (Å²) >= 11 is 4.87. The summed E-state index contributed by atoms with van der Waals surface area (Å²) in [4.78, 5) is 0. The average Bonchev–Trinajstić information content (AvgIpc) is 1.77. The summed E-state index contributed by atoms with van der Waals surface area (Å²) in [5.41, 5.74) is 1.26. The normalized spacial score (nSPS) is 9.25. The largest absolute Gasteiger partial charge is 0.225 e. The minimum Gasteiger partial charge on any atom is -0.0536 e. The van der Waals surface area contributed by atoms with Crippen molar-refractivity contribution in [3.05, 3.63) is 34.9 Å². The van der Waals surface area contributed by atoms with Crippen molar-refractivity contribution >= 4 is 0 Å². The molecule has 0 bridgehead atoms. The first kappa shape index (κ1) is 5.64. The molecule has 0 aromatic heterocycles. The highest BCUT2D eigenvalue weighted by molar-refractivity contribution is 5.17. The van der Waals surface area contributed by atoms with Gasteiger partial charge in [-0.05, 0) is 6.92 Å². The summed E-state index contributed by atoms with van der Waals surface area (Å²) in [5.74, 6) is 0. The molecule has 0 spiro atoms. The van der Waals surface area contributed by atoms with Crippen LogP contribution in [0.15, 0.2) is 24.3 Å². The Bertz CT molecular complexity index is 143. The first-order valence-electron chi connectivity index (χ1n) is 2.53. The number of rotatable bonds is 0. The molecule has 0 fully saturated rings. The standard InChI is InChI=1S/C7H8Cl/c1-6-2-4-7(8)5-3-6/h2-5,8H,1H3/q+1. The lowest BCUT2D eigenvalue weighted by atomic mass is 10.2. The molecular weight excluding hydrogens is 120 g/mol. The molecule has 0 saturated heterocycles. The zero-order valence-electron chi connectivity index (χ0n) is 4.72. The molecule has 0 saturated carbocycles. The van der Waals surface area contributed by atoms with E-state index in [-0.39, 0.29) is 0 Å². The van der Waals surface area contributed by atoms with Crippen LogP contribution in [-0.4, -0.2) is 0 Å². The second-order valence-electron chi connectivity index (χ2n) is 1.81. The van der Waals surface area contributed by atoms with Crippen molar-refractivity contribution in [2.24, 2.45) is 0 Å². The van der Waals surface area contributed by atoms with Gasteiger partial charge in [-0.1, -0.05) is 17.7 Å². The number of benzene rings is 1. The van der Waals surface area contributed by atoms with Gasteiger partial charge >= 0.3 is 0 Å². The van der Waals surface area contributed by atoms with Crippen molar-refractivity contribution < 1.29 is 11.6 Å². The second kappa shape index (κ2) is 2.19. The molecule has 1 aromatic carbocycles. The first-order chi connectivity index (χ1) is 3.79. The van der Waals surface area contributed by atoms with Crippen molar-refractivity contribution in [2.45, 2.75) is 6.92 Å². The molecule has 1 heteroatoms. The van der Waals surface area contributed by atoms with Crippen molar-refractivity contribution in [2.75, 3.05) is 0 Å². The summed E-state index contributed by atoms with van der Waals surface area (Å²) in [6.45, 7) is 2.05. The number of halogens is 1. The van der Waals surface area contributed by atoms with Gasteiger partial charge in [0.2, 0.25) is 5.02 Å². The lowest BCUT2D eigenvalue weighted by molar-refractivity contribution is -0.288. The zero-order chi connectivity index (χ0) is 5.98. The van der Waals surface area contributed by atoms with E-state index in [2.05, 4.69) is 6.92 Å². The van der Waals surface area contributed by atoms with Gasteiger partial charge in [0.05, 0.1) is 0 Å². The third kappa shape index (κ3) is 1.24. The monoisotopic (exact) mass is 127 g/mol. The van der Waals surface area contributed by atoms with Gasteiger partial charge in [0.15, 0.2) is 11.6 Å². The lowest BCUT2D eigenvalue weighted by Gasteiger charge is -1.83. The van der Waals surface area contributed by atoms with Gasteiger partial charge in [-0.2, -0.15) is 0 Å². The van der Waals surface area contributed by atoms with Gasteiger partial charge in [-0.3, -0.25) is 0 Å². The fraction of sp³-hybridized carbons (Fsp3) is 0.143. The summed E-state index contributed by atoms with van der Waals surface area (Å²) in [5, 5.41) is 0.913. The van der Waals surface area contributed by atoms with Gasteiger partial charge in [-0.25, -0.2) is 0 Å². The Balaban J connectivity index is 3.03. The van der Waals surface area contributed by atoms with Gasteiger partial charge < -0.3 is 0 Å². The summed E-state index contributed by atoms with van der Waals surface area (Å²) in [6, 6.07) is 7.90. The summed E-state index contributed by atoms with van der Waals surface area (Å²) in [6.07, 6.45) is 0. The Morgan fingerprint density at radius 2 is 1.62 bits per heavy atom. The molecule has 0 aliphatic rings. The van der Waals surface area contributed by atoms with Crippen molar-refractivity contribution in [3.8, 4) is 0 Å². The fourth-order valence-corrected chi connectivity index (χ4v) is 0.674. The van der Waals surface area contributed by atoms with E-state index in [9.17, 15) is 0 Å². The molecule has 0 atom stereocenters. The highest BCUT2D eigenvalue weighted by atomic mass is 35.5. The van der Waals surface area contributed by atoms with Crippen LogP contribution in [0, 0.1) is 18.5 Å². The molecule has 0 heterocycles. The Hall–Kier alpha value is -0.490. The summed E-state index contributed by atoms with van der Waals surface area (Å²) < 4.78 is 0. The van der Waals surface area contributed by atoms with Crippen LogP contribution < -0.4 is 0 Å². The molecule has 0 amide bonds. The van der Waals surface area contributed by atoms with Crippen LogP contribution in [0.2, 0.25) is 5.02 Å². The van der Waals surface area contributed by atoms with Crippen LogP contribution in [0.1, 0.15) is 5.56 Å². The van der Waals surface area contributed by atoms with Gasteiger partial charge in [-0.15, -0.1) is 0 Å². The SMILES string of the molecule is Cc1ccc([ClH+])cc1. The Morgan fingerprint density at radius 1 is 1.12 bits per heavy atom. The Kier molecular flexibility index (Phi) is 1.54. The second-order valence-corrected chi connectivity index (χ2v) is 2.28. The summed E-state index contributed by atoms with van der Waals surface area (Å²) in [7, 11) is 0. The van der Waals surface area contributed by atoms with Crippen LogP contribution in [0.4, 0.5) is 0 Å². The maximum absolute atomic E-state index is 4.87. The fourth-order valence-electron chi connectivity index (χ4n) is 0.538. The van der Waals surface area contributed by atoms with Crippen LogP contribution >= 0.6 is 0 Å². The molecular formula is C7H8Cl+. The predicted octanol–water partition coefficient (Wildman–Crippen LogP) is 1.69. The maximum Gasteiger partial charge on any atom is 0.225 e. The molecule has 0 aliphatic heterocycles. The lowest BCUT2D eigenvalue weighted by Crippen LogP contribution is -1.69. The van der Waals surface area contributed by atoms with E-state index in [0.717, 1.165) is 5.02 Å². The van der Waals surface area contributed by atoms with Crippen LogP contribution in [-0.2, 0) is 0 Å². The highest BCUT2D eigenvalue weighted by Gasteiger charge is 1.89. The maximum atomic E-state index is 4.87. The van der Waals surface area contributed by atoms with E-state index in [1.54, 1.807) is 0 Å². The van der Waals surface area contributed by atoms with Gasteiger partial charge in [0.25, 0.3) is 0 Å². The Labute approximate surface area is 54.1 Å². The predicted molar refractivity (Wildman–Crippen MR) is 31.7 cm³/mol. The molecule has 1 rings (SSSR count). The van der Waals surface area contributed by atoms with Crippen LogP contribution in [0.3, 0.4) is 0 Å². The van der Waals surface area contributed by atoms with E-state index in [4.69, 9.17) is 11.6 Å². The minimum atomic E-state index is 0.913. The van der Waals surface area contributed by atoms with Crippen LogP contribution in [0.5, 0.6) is 0 Å². The Morgan fingerprint density at radius 3 is 2.00 bits per heavy atom. The number of aryl methyl sites for hydroxylation is 1. The van der Waals surface area contributed by atoms with Crippen molar-refractivity contribution in [1.29, 1.82) is 0 Å². The third-order valence-corrected chi connectivity index (χ3v) is 1.29. The quantitative estimate of drug-likeness (QED) is 0.498. The van der Waals surface area contributed by atoms with E-state index in [1.807, 2.05) is 24.3 Å². The highest BCUT2D eigenvalue weighted by Crippen LogP contribution is 2.01. The smallest absolute Gasteiger partial charge is 0.0536 e. The minimum absolute atomic E-state index is 0.913. The van der Waals surface area contributed by atoms with E-state index in [1.165, 1.54) is 5.56 Å². The van der Waals surface area contributed by atoms with Gasteiger partial charge in [0.1, 0.15) is 0 Å². The molecule has 0 unspecified atom stereocenters. The van der Waals surface area contributed by atoms with E-state index < -0.39 is 0 Å². The molecule has 8 heavy (non-hydrogen) atoms. The number of hydrogen-bond donors (Lipinski definition) is 0. The van der Waals surface area contributed by atoms with Gasteiger partial charge in [0, 0.05) is 12.1 Å². The molecule has 1 aromatic rings. The van der Waals surface area contributed by atoms with Crippen LogP contribution in [0.25, 0.3) is 0 Å². The first-order valence-corrected chi connectivity index (χ1v) is 2.93. The third-order valence-electron chi connectivity index (χ3n) is 1.02.